The highest BCUT2D eigenvalue weighted by Gasteiger charge is 2.36. The zero-order valence-corrected chi connectivity index (χ0v) is 19.5. The third kappa shape index (κ3) is 3.81. The summed E-state index contributed by atoms with van der Waals surface area (Å²) >= 11 is 0. The van der Waals surface area contributed by atoms with Gasteiger partial charge in [0, 0.05) is 0 Å². The van der Waals surface area contributed by atoms with Gasteiger partial charge in [-0.1, -0.05) is 50.2 Å². The lowest BCUT2D eigenvalue weighted by Gasteiger charge is -2.31. The number of aliphatic hydroxyl groups is 2. The summed E-state index contributed by atoms with van der Waals surface area (Å²) in [6, 6.07) is 11.1. The van der Waals surface area contributed by atoms with Crippen LogP contribution in [0.3, 0.4) is 0 Å². The number of hydrogen-bond donors (Lipinski definition) is 2. The van der Waals surface area contributed by atoms with E-state index >= 15 is 0 Å². The third-order valence-corrected chi connectivity index (χ3v) is 5.97. The van der Waals surface area contributed by atoms with E-state index in [-0.39, 0.29) is 11.6 Å². The largest absolute Gasteiger partial charge is 0.377 e. The molecule has 32 heavy (non-hydrogen) atoms. The summed E-state index contributed by atoms with van der Waals surface area (Å²) in [5, 5.41) is 24.4. The monoisotopic (exact) mass is 430 g/mol. The van der Waals surface area contributed by atoms with Crippen LogP contribution in [0.4, 0.5) is 0 Å². The molecule has 0 aromatic heterocycles. The Kier molecular flexibility index (Phi) is 6.23. The predicted octanol–water partition coefficient (Wildman–Crippen LogP) is 5.19. The molecule has 0 atom stereocenters. The number of carbonyl (C=O) groups excluding carboxylic acids is 2. The van der Waals surface area contributed by atoms with E-state index in [9.17, 15) is 19.8 Å². The summed E-state index contributed by atoms with van der Waals surface area (Å²) in [6.45, 7) is 10.8. The number of rotatable bonds is 2. The summed E-state index contributed by atoms with van der Waals surface area (Å²) < 4.78 is 0. The van der Waals surface area contributed by atoms with Crippen molar-refractivity contribution in [3.63, 3.8) is 0 Å². The van der Waals surface area contributed by atoms with Crippen LogP contribution in [0.5, 0.6) is 0 Å². The molecule has 0 unspecified atom stereocenters. The van der Waals surface area contributed by atoms with E-state index < -0.39 is 11.2 Å². The summed E-state index contributed by atoms with van der Waals surface area (Å²) in [6.07, 6.45) is 6.30. The molecule has 2 aromatic carbocycles. The summed E-state index contributed by atoms with van der Waals surface area (Å²) in [4.78, 5) is 24.4. The quantitative estimate of drug-likeness (QED) is 0.687. The maximum absolute atomic E-state index is 12.2. The molecule has 4 nitrogen and oxygen atoms in total. The summed E-state index contributed by atoms with van der Waals surface area (Å²) in [5.74, 6) is -0.161. The maximum Gasteiger partial charge on any atom is 0.184 e. The van der Waals surface area contributed by atoms with Gasteiger partial charge in [0.15, 0.2) is 11.6 Å². The first-order valence-electron chi connectivity index (χ1n) is 10.9. The van der Waals surface area contributed by atoms with Gasteiger partial charge in [-0.3, -0.25) is 9.59 Å². The normalized spacial score (nSPS) is 19.4. The molecular weight excluding hydrogens is 400 g/mol. The SMILES string of the molecule is CC.CC1=CC(O)(c2ccc(C3(O)C=C(C)C(=O)C(C)=C3)c3ccccc23)C=C(C)C1=O. The fraction of sp³-hybridized carbons (Fsp3) is 0.286. The summed E-state index contributed by atoms with van der Waals surface area (Å²) in [7, 11) is 0. The van der Waals surface area contributed by atoms with Gasteiger partial charge in [-0.2, -0.15) is 0 Å². The van der Waals surface area contributed by atoms with E-state index in [2.05, 4.69) is 0 Å². The standard InChI is InChI=1S/C26H24O4.C2H6/c1-15-11-25(29,12-16(2)23(15)27)21-9-10-22(20-8-6-5-7-19(20)21)26(30)13-17(3)24(28)18(4)14-26;1-2/h5-14,29-30H,1-4H3;1-2H3. The van der Waals surface area contributed by atoms with Crippen molar-refractivity contribution in [1.82, 2.24) is 0 Å². The first-order valence-corrected chi connectivity index (χ1v) is 10.9. The number of benzene rings is 2. The van der Waals surface area contributed by atoms with Gasteiger partial charge in [0.2, 0.25) is 0 Å². The molecule has 166 valence electrons. The zero-order chi connectivity index (χ0) is 23.8. The number of hydrogen-bond acceptors (Lipinski definition) is 4. The molecule has 0 saturated carbocycles. The van der Waals surface area contributed by atoms with E-state index in [0.717, 1.165) is 10.8 Å². The van der Waals surface area contributed by atoms with Crippen LogP contribution in [-0.2, 0) is 20.8 Å². The number of fused-ring (bicyclic) bond motifs is 1. The van der Waals surface area contributed by atoms with Crippen molar-refractivity contribution in [3.8, 4) is 0 Å². The molecule has 0 heterocycles. The topological polar surface area (TPSA) is 74.6 Å². The Morgan fingerprint density at radius 3 is 1.12 bits per heavy atom. The van der Waals surface area contributed by atoms with Gasteiger partial charge in [-0.15, -0.1) is 0 Å². The molecule has 0 bridgehead atoms. The zero-order valence-electron chi connectivity index (χ0n) is 19.5. The molecule has 0 spiro atoms. The number of ketones is 2. The van der Waals surface area contributed by atoms with E-state index in [4.69, 9.17) is 0 Å². The van der Waals surface area contributed by atoms with Crippen LogP contribution in [0.2, 0.25) is 0 Å². The minimum absolute atomic E-state index is 0.0805. The predicted molar refractivity (Wildman–Crippen MR) is 128 cm³/mol. The number of carbonyl (C=O) groups is 2. The minimum Gasteiger partial charge on any atom is -0.377 e. The summed E-state index contributed by atoms with van der Waals surface area (Å²) in [5.41, 5.74) is 0.375. The van der Waals surface area contributed by atoms with Gasteiger partial charge < -0.3 is 10.2 Å². The fourth-order valence-electron chi connectivity index (χ4n) is 4.60. The molecule has 0 aliphatic heterocycles. The molecule has 4 heteroatoms. The lowest BCUT2D eigenvalue weighted by atomic mass is 9.77. The van der Waals surface area contributed by atoms with Crippen LogP contribution < -0.4 is 0 Å². The Labute approximate surface area is 189 Å². The van der Waals surface area contributed by atoms with Gasteiger partial charge in [0.25, 0.3) is 0 Å². The van der Waals surface area contributed by atoms with Crippen molar-refractivity contribution in [2.45, 2.75) is 52.7 Å². The first kappa shape index (κ1) is 23.6. The first-order chi connectivity index (χ1) is 15.1. The second-order valence-electron chi connectivity index (χ2n) is 8.32. The fourth-order valence-corrected chi connectivity index (χ4v) is 4.60. The average molecular weight is 431 g/mol. The van der Waals surface area contributed by atoms with Crippen molar-refractivity contribution >= 4 is 22.3 Å². The lowest BCUT2D eigenvalue weighted by Crippen LogP contribution is -2.29. The number of allylic oxidation sites excluding steroid dienone is 4. The van der Waals surface area contributed by atoms with E-state index in [1.807, 2.05) is 38.1 Å². The van der Waals surface area contributed by atoms with Crippen molar-refractivity contribution in [2.24, 2.45) is 0 Å². The molecule has 2 aromatic rings. The highest BCUT2D eigenvalue weighted by molar-refractivity contribution is 6.10. The molecule has 0 saturated heterocycles. The van der Waals surface area contributed by atoms with Gasteiger partial charge in [-0.05, 0) is 96.2 Å². The highest BCUT2D eigenvalue weighted by Crippen LogP contribution is 2.41. The molecule has 2 aliphatic carbocycles. The van der Waals surface area contributed by atoms with Crippen molar-refractivity contribution in [3.05, 3.63) is 94.1 Å². The maximum atomic E-state index is 12.2. The molecule has 2 aliphatic rings. The molecule has 4 rings (SSSR count). The van der Waals surface area contributed by atoms with Gasteiger partial charge >= 0.3 is 0 Å². The van der Waals surface area contributed by atoms with E-state index in [1.165, 1.54) is 0 Å². The Morgan fingerprint density at radius 2 is 0.844 bits per heavy atom. The van der Waals surface area contributed by atoms with Crippen LogP contribution in [0.15, 0.2) is 83.0 Å². The Balaban J connectivity index is 0.00000141. The van der Waals surface area contributed by atoms with Crippen LogP contribution in [0.25, 0.3) is 10.8 Å². The van der Waals surface area contributed by atoms with E-state index in [0.29, 0.717) is 33.4 Å². The molecule has 2 N–H and O–H groups in total. The lowest BCUT2D eigenvalue weighted by molar-refractivity contribution is -0.113. The molecular formula is C28H30O4. The van der Waals surface area contributed by atoms with E-state index in [1.54, 1.807) is 64.1 Å². The Bertz CT molecular complexity index is 1100. The average Bonchev–Trinajstić information content (AvgIpc) is 2.76. The third-order valence-electron chi connectivity index (χ3n) is 5.97. The minimum atomic E-state index is -1.43. The van der Waals surface area contributed by atoms with Crippen molar-refractivity contribution < 1.29 is 19.8 Å². The van der Waals surface area contributed by atoms with Crippen LogP contribution in [-0.4, -0.2) is 21.8 Å². The molecule has 0 radical (unpaired) electrons. The smallest absolute Gasteiger partial charge is 0.184 e. The van der Waals surface area contributed by atoms with Crippen molar-refractivity contribution in [1.29, 1.82) is 0 Å². The second-order valence-corrected chi connectivity index (χ2v) is 8.32. The Hall–Kier alpha value is -3.08. The molecule has 0 amide bonds. The van der Waals surface area contributed by atoms with Crippen molar-refractivity contribution in [2.75, 3.05) is 0 Å². The van der Waals surface area contributed by atoms with Gasteiger partial charge in [0.05, 0.1) is 0 Å². The van der Waals surface area contributed by atoms with Crippen LogP contribution in [0.1, 0.15) is 52.7 Å². The van der Waals surface area contributed by atoms with Crippen LogP contribution in [0, 0.1) is 0 Å². The number of Topliss-reactive ketones (excluding diaryl/α,β-unsaturated/α-hetero) is 2. The van der Waals surface area contributed by atoms with Gasteiger partial charge in [0.1, 0.15) is 11.2 Å². The van der Waals surface area contributed by atoms with Crippen LogP contribution >= 0.6 is 0 Å². The Morgan fingerprint density at radius 1 is 0.562 bits per heavy atom. The highest BCUT2D eigenvalue weighted by atomic mass is 16.3. The second kappa shape index (κ2) is 8.45. The van der Waals surface area contributed by atoms with Gasteiger partial charge in [-0.25, -0.2) is 0 Å². The molecule has 0 fully saturated rings.